The summed E-state index contributed by atoms with van der Waals surface area (Å²) in [6.45, 7) is 4.66. The maximum Gasteiger partial charge on any atom is 0.261 e. The number of nitrogens with zero attached hydrogens (tertiary/aromatic N) is 2. The van der Waals surface area contributed by atoms with Crippen molar-refractivity contribution in [3.05, 3.63) is 35.4 Å². The van der Waals surface area contributed by atoms with Gasteiger partial charge in [-0.15, -0.1) is 0 Å². The minimum atomic E-state index is -3.46. The highest BCUT2D eigenvalue weighted by Gasteiger charge is 2.59. The zero-order valence-electron chi connectivity index (χ0n) is 17.8. The van der Waals surface area contributed by atoms with Crippen molar-refractivity contribution in [2.24, 2.45) is 5.92 Å². The van der Waals surface area contributed by atoms with E-state index in [9.17, 15) is 18.0 Å². The first-order valence-electron chi connectivity index (χ1n) is 11.0. The highest BCUT2D eigenvalue weighted by atomic mass is 32.2. The highest BCUT2D eigenvalue weighted by molar-refractivity contribution is 7.89. The van der Waals surface area contributed by atoms with E-state index in [-0.39, 0.29) is 23.5 Å². The SMILES string of the molecule is CC1(C)O[C@@H]2[C@@H](CS(=O)(=O)N3CCCCC3)C[C@@H](N3C(=O)c4ccccc4C3=O)[C@@H]2O1. The van der Waals surface area contributed by atoms with E-state index in [2.05, 4.69) is 0 Å². The van der Waals surface area contributed by atoms with Gasteiger partial charge >= 0.3 is 0 Å². The minimum Gasteiger partial charge on any atom is -0.344 e. The van der Waals surface area contributed by atoms with Crippen molar-refractivity contribution in [1.29, 1.82) is 0 Å². The Morgan fingerprint density at radius 1 is 0.968 bits per heavy atom. The first kappa shape index (κ1) is 21.1. The van der Waals surface area contributed by atoms with Crippen LogP contribution in [-0.2, 0) is 19.5 Å². The number of benzene rings is 1. The predicted octanol–water partition coefficient (Wildman–Crippen LogP) is 2.01. The van der Waals surface area contributed by atoms with Crippen molar-refractivity contribution in [3.63, 3.8) is 0 Å². The Labute approximate surface area is 182 Å². The third-order valence-corrected chi connectivity index (χ3v) is 8.84. The number of rotatable bonds is 4. The number of imide groups is 1. The molecule has 2 amide bonds. The van der Waals surface area contributed by atoms with Gasteiger partial charge in [0.05, 0.1) is 29.0 Å². The summed E-state index contributed by atoms with van der Waals surface area (Å²) in [5, 5.41) is 0. The van der Waals surface area contributed by atoms with Gasteiger partial charge < -0.3 is 9.47 Å². The van der Waals surface area contributed by atoms with Gasteiger partial charge in [-0.25, -0.2) is 12.7 Å². The molecule has 1 saturated carbocycles. The molecule has 0 radical (unpaired) electrons. The number of ether oxygens (including phenoxy) is 2. The summed E-state index contributed by atoms with van der Waals surface area (Å²) in [6, 6.07) is 6.21. The van der Waals surface area contributed by atoms with Crippen molar-refractivity contribution in [3.8, 4) is 0 Å². The number of amides is 2. The van der Waals surface area contributed by atoms with Crippen LogP contribution in [0.15, 0.2) is 24.3 Å². The van der Waals surface area contributed by atoms with Crippen molar-refractivity contribution in [2.45, 2.75) is 63.6 Å². The van der Waals surface area contributed by atoms with Gasteiger partial charge in [-0.2, -0.15) is 0 Å². The maximum absolute atomic E-state index is 13.1. The third-order valence-electron chi connectivity index (χ3n) is 6.84. The number of carbonyl (C=O) groups excluding carboxylic acids is 2. The van der Waals surface area contributed by atoms with Crippen LogP contribution in [0.5, 0.6) is 0 Å². The molecule has 5 rings (SSSR count). The van der Waals surface area contributed by atoms with Crippen LogP contribution in [0.25, 0.3) is 0 Å². The Morgan fingerprint density at radius 3 is 2.16 bits per heavy atom. The molecule has 2 saturated heterocycles. The third kappa shape index (κ3) is 3.51. The van der Waals surface area contributed by atoms with E-state index in [1.807, 2.05) is 0 Å². The highest BCUT2D eigenvalue weighted by Crippen LogP contribution is 2.45. The Morgan fingerprint density at radius 2 is 1.55 bits per heavy atom. The van der Waals surface area contributed by atoms with Crippen LogP contribution in [0.3, 0.4) is 0 Å². The largest absolute Gasteiger partial charge is 0.344 e. The molecule has 4 aliphatic rings. The van der Waals surface area contributed by atoms with Crippen molar-refractivity contribution >= 4 is 21.8 Å². The molecule has 31 heavy (non-hydrogen) atoms. The second-order valence-corrected chi connectivity index (χ2v) is 11.4. The number of carbonyl (C=O) groups is 2. The molecule has 0 N–H and O–H groups in total. The average molecular weight is 449 g/mol. The average Bonchev–Trinajstić information content (AvgIpc) is 3.31. The van der Waals surface area contributed by atoms with Gasteiger partial charge in [0.2, 0.25) is 10.0 Å². The first-order chi connectivity index (χ1) is 14.7. The van der Waals surface area contributed by atoms with Crippen LogP contribution >= 0.6 is 0 Å². The second-order valence-electron chi connectivity index (χ2n) is 9.39. The normalized spacial score (nSPS) is 33.0. The zero-order valence-corrected chi connectivity index (χ0v) is 18.6. The Balaban J connectivity index is 1.43. The van der Waals surface area contributed by atoms with Crippen LogP contribution in [-0.4, -0.2) is 72.3 Å². The molecule has 0 spiro atoms. The lowest BCUT2D eigenvalue weighted by atomic mass is 10.1. The van der Waals surface area contributed by atoms with E-state index in [4.69, 9.17) is 9.47 Å². The summed E-state index contributed by atoms with van der Waals surface area (Å²) >= 11 is 0. The van der Waals surface area contributed by atoms with Gasteiger partial charge in [0.25, 0.3) is 11.8 Å². The molecular formula is C22H28N2O6S. The number of piperidine rings is 1. The fourth-order valence-electron chi connectivity index (χ4n) is 5.50. The Kier molecular flexibility index (Phi) is 5.00. The summed E-state index contributed by atoms with van der Waals surface area (Å²) in [5.41, 5.74) is 0.762. The zero-order chi connectivity index (χ0) is 22.0. The van der Waals surface area contributed by atoms with Crippen LogP contribution < -0.4 is 0 Å². The molecule has 1 aromatic rings. The van der Waals surface area contributed by atoms with Crippen molar-refractivity contribution in [2.75, 3.05) is 18.8 Å². The van der Waals surface area contributed by atoms with Gasteiger partial charge in [-0.05, 0) is 45.2 Å². The summed E-state index contributed by atoms with van der Waals surface area (Å²) in [4.78, 5) is 27.4. The molecule has 3 heterocycles. The quantitative estimate of drug-likeness (QED) is 0.654. The van der Waals surface area contributed by atoms with Gasteiger partial charge in [0.15, 0.2) is 5.79 Å². The number of hydrogen-bond acceptors (Lipinski definition) is 6. The summed E-state index contributed by atoms with van der Waals surface area (Å²) < 4.78 is 40.0. The maximum atomic E-state index is 13.1. The molecule has 1 aromatic carbocycles. The van der Waals surface area contributed by atoms with Gasteiger partial charge in [0.1, 0.15) is 6.10 Å². The molecule has 4 atom stereocenters. The van der Waals surface area contributed by atoms with Gasteiger partial charge in [-0.3, -0.25) is 14.5 Å². The lowest BCUT2D eigenvalue weighted by Gasteiger charge is -2.29. The standard InChI is InChI=1S/C22H28N2O6S/c1-22(2)29-18-14(13-31(27,28)23-10-6-3-7-11-23)12-17(19(18)30-22)24-20(25)15-8-4-5-9-16(15)21(24)26/h4-5,8-9,14,17-19H,3,6-7,10-13H2,1-2H3/t14-,17-,18-,19+/m1/s1. The van der Waals surface area contributed by atoms with Crippen molar-refractivity contribution in [1.82, 2.24) is 9.21 Å². The first-order valence-corrected chi connectivity index (χ1v) is 12.6. The monoisotopic (exact) mass is 448 g/mol. The number of fused-ring (bicyclic) bond motifs is 2. The second kappa shape index (κ2) is 7.37. The van der Waals surface area contributed by atoms with Crippen LogP contribution in [0.1, 0.15) is 60.2 Å². The van der Waals surface area contributed by atoms with E-state index in [1.54, 1.807) is 42.4 Å². The Hall–Kier alpha value is -1.81. The molecule has 8 nitrogen and oxygen atoms in total. The fraction of sp³-hybridized carbons (Fsp3) is 0.636. The lowest BCUT2D eigenvalue weighted by molar-refractivity contribution is -0.160. The molecule has 0 unspecified atom stereocenters. The minimum absolute atomic E-state index is 0.0622. The molecule has 1 aliphatic carbocycles. The summed E-state index contributed by atoms with van der Waals surface area (Å²) in [6.07, 6.45) is 2.13. The topological polar surface area (TPSA) is 93.2 Å². The van der Waals surface area contributed by atoms with E-state index in [0.717, 1.165) is 19.3 Å². The predicted molar refractivity (Wildman–Crippen MR) is 112 cm³/mol. The molecule has 168 valence electrons. The smallest absolute Gasteiger partial charge is 0.261 e. The van der Waals surface area contributed by atoms with E-state index < -0.39 is 34.1 Å². The van der Waals surface area contributed by atoms with Crippen molar-refractivity contribution < 1.29 is 27.5 Å². The number of sulfonamides is 1. The van der Waals surface area contributed by atoms with Crippen LogP contribution in [0.4, 0.5) is 0 Å². The summed E-state index contributed by atoms with van der Waals surface area (Å²) in [5.74, 6) is -2.02. The van der Waals surface area contributed by atoms with Gasteiger partial charge in [-0.1, -0.05) is 18.6 Å². The summed E-state index contributed by atoms with van der Waals surface area (Å²) in [7, 11) is -3.46. The Bertz CT molecular complexity index is 982. The molecule has 3 aliphatic heterocycles. The van der Waals surface area contributed by atoms with E-state index >= 15 is 0 Å². The molecule has 0 bridgehead atoms. The molecular weight excluding hydrogens is 420 g/mol. The lowest BCUT2D eigenvalue weighted by Crippen LogP contribution is -2.46. The van der Waals surface area contributed by atoms with Crippen LogP contribution in [0, 0.1) is 5.92 Å². The van der Waals surface area contributed by atoms with Crippen LogP contribution in [0.2, 0.25) is 0 Å². The van der Waals surface area contributed by atoms with Gasteiger partial charge in [0, 0.05) is 19.0 Å². The molecule has 0 aromatic heterocycles. The molecule has 3 fully saturated rings. The fourth-order valence-corrected chi connectivity index (χ4v) is 7.39. The van der Waals surface area contributed by atoms with E-state index in [1.165, 1.54) is 4.90 Å². The molecule has 9 heteroatoms. The van der Waals surface area contributed by atoms with E-state index in [0.29, 0.717) is 30.6 Å². The number of hydrogen-bond donors (Lipinski definition) is 0.